The van der Waals surface area contributed by atoms with Crippen LogP contribution in [0.3, 0.4) is 0 Å². The molecule has 2 aliphatic rings. The van der Waals surface area contributed by atoms with E-state index in [0.29, 0.717) is 19.1 Å². The minimum absolute atomic E-state index is 0.377. The fraction of sp³-hybridized carbons (Fsp3) is 0.643. The van der Waals surface area contributed by atoms with E-state index in [0.717, 1.165) is 23.6 Å². The summed E-state index contributed by atoms with van der Waals surface area (Å²) in [6, 6.07) is 0.454. The van der Waals surface area contributed by atoms with E-state index in [1.165, 1.54) is 30.6 Å². The number of rotatable bonds is 1. The second-order valence-corrected chi connectivity index (χ2v) is 5.65. The highest BCUT2D eigenvalue weighted by atomic mass is 16.4. The van der Waals surface area contributed by atoms with Gasteiger partial charge in [0, 0.05) is 18.2 Å². The van der Waals surface area contributed by atoms with Crippen LogP contribution < -0.4 is 4.90 Å². The van der Waals surface area contributed by atoms with Crippen molar-refractivity contribution in [1.29, 1.82) is 0 Å². The second kappa shape index (κ2) is 5.26. The summed E-state index contributed by atoms with van der Waals surface area (Å²) >= 11 is 0. The van der Waals surface area contributed by atoms with Crippen molar-refractivity contribution in [2.24, 2.45) is 0 Å². The molecule has 6 heteroatoms. The fourth-order valence-electron chi connectivity index (χ4n) is 3.14. The van der Waals surface area contributed by atoms with Crippen LogP contribution >= 0.6 is 0 Å². The Hall–Kier alpha value is -1.85. The third-order valence-electron chi connectivity index (χ3n) is 4.30. The SMILES string of the molecule is C[C@@H]1CCCCCN1c1ncnc2c1CN(C(=O)O)C2. The van der Waals surface area contributed by atoms with Crippen molar-refractivity contribution in [2.75, 3.05) is 11.4 Å². The van der Waals surface area contributed by atoms with Crippen LogP contribution in [0.5, 0.6) is 0 Å². The second-order valence-electron chi connectivity index (χ2n) is 5.65. The number of hydrogen-bond acceptors (Lipinski definition) is 4. The Kier molecular flexibility index (Phi) is 3.46. The van der Waals surface area contributed by atoms with Gasteiger partial charge in [-0.25, -0.2) is 14.8 Å². The molecule has 108 valence electrons. The number of anilines is 1. The minimum Gasteiger partial charge on any atom is -0.465 e. The first-order chi connectivity index (χ1) is 9.66. The Labute approximate surface area is 118 Å². The lowest BCUT2D eigenvalue weighted by Gasteiger charge is -2.29. The molecule has 1 N–H and O–H groups in total. The number of nitrogens with zero attached hydrogens (tertiary/aromatic N) is 4. The van der Waals surface area contributed by atoms with E-state index >= 15 is 0 Å². The van der Waals surface area contributed by atoms with Gasteiger partial charge in [-0.3, -0.25) is 4.90 Å². The third kappa shape index (κ3) is 2.30. The number of hydrogen-bond donors (Lipinski definition) is 1. The van der Waals surface area contributed by atoms with Crippen molar-refractivity contribution in [2.45, 2.75) is 51.7 Å². The number of carboxylic acid groups (broad SMARTS) is 1. The van der Waals surface area contributed by atoms with Crippen LogP contribution in [0, 0.1) is 0 Å². The summed E-state index contributed by atoms with van der Waals surface area (Å²) in [6.45, 7) is 4.01. The Balaban J connectivity index is 1.92. The van der Waals surface area contributed by atoms with Crippen LogP contribution in [0.4, 0.5) is 10.6 Å². The van der Waals surface area contributed by atoms with Crippen LogP contribution in [0.1, 0.15) is 43.9 Å². The van der Waals surface area contributed by atoms with Gasteiger partial charge in [0.25, 0.3) is 0 Å². The zero-order chi connectivity index (χ0) is 14.1. The third-order valence-corrected chi connectivity index (χ3v) is 4.30. The average Bonchev–Trinajstić information content (AvgIpc) is 2.76. The summed E-state index contributed by atoms with van der Waals surface area (Å²) < 4.78 is 0. The van der Waals surface area contributed by atoms with E-state index < -0.39 is 6.09 Å². The van der Waals surface area contributed by atoms with Crippen molar-refractivity contribution in [3.05, 3.63) is 17.6 Å². The van der Waals surface area contributed by atoms with Gasteiger partial charge in [0.15, 0.2) is 0 Å². The van der Waals surface area contributed by atoms with E-state index in [9.17, 15) is 4.79 Å². The van der Waals surface area contributed by atoms with E-state index in [1.807, 2.05) is 0 Å². The fourth-order valence-corrected chi connectivity index (χ4v) is 3.14. The normalized spacial score (nSPS) is 22.6. The van der Waals surface area contributed by atoms with Crippen LogP contribution in [-0.4, -0.2) is 38.7 Å². The first-order valence-electron chi connectivity index (χ1n) is 7.24. The van der Waals surface area contributed by atoms with Gasteiger partial charge in [-0.15, -0.1) is 0 Å². The molecule has 1 aromatic heterocycles. The molecule has 0 spiro atoms. The molecule has 1 aromatic rings. The summed E-state index contributed by atoms with van der Waals surface area (Å²) in [5, 5.41) is 9.15. The van der Waals surface area contributed by atoms with Gasteiger partial charge in [-0.1, -0.05) is 12.8 Å². The van der Waals surface area contributed by atoms with Gasteiger partial charge in [0.1, 0.15) is 12.1 Å². The zero-order valence-electron chi connectivity index (χ0n) is 11.7. The van der Waals surface area contributed by atoms with Crippen molar-refractivity contribution >= 4 is 11.9 Å². The first-order valence-corrected chi connectivity index (χ1v) is 7.24. The molecule has 0 aromatic carbocycles. The van der Waals surface area contributed by atoms with E-state index in [-0.39, 0.29) is 0 Å². The van der Waals surface area contributed by atoms with Gasteiger partial charge in [-0.05, 0) is 19.8 Å². The van der Waals surface area contributed by atoms with Gasteiger partial charge < -0.3 is 10.0 Å². The van der Waals surface area contributed by atoms with E-state index in [2.05, 4.69) is 21.8 Å². The van der Waals surface area contributed by atoms with Gasteiger partial charge in [0.05, 0.1) is 18.8 Å². The number of amides is 1. The van der Waals surface area contributed by atoms with Crippen molar-refractivity contribution < 1.29 is 9.90 Å². The molecule has 1 amide bonds. The molecular weight excluding hydrogens is 256 g/mol. The summed E-state index contributed by atoms with van der Waals surface area (Å²) in [6.07, 6.45) is 5.53. The highest BCUT2D eigenvalue weighted by Crippen LogP contribution is 2.31. The van der Waals surface area contributed by atoms with Crippen molar-refractivity contribution in [3.8, 4) is 0 Å². The zero-order valence-corrected chi connectivity index (χ0v) is 11.7. The Morgan fingerprint density at radius 3 is 2.95 bits per heavy atom. The lowest BCUT2D eigenvalue weighted by atomic mass is 10.1. The predicted molar refractivity (Wildman–Crippen MR) is 74.6 cm³/mol. The van der Waals surface area contributed by atoms with Crippen LogP contribution in [0.25, 0.3) is 0 Å². The van der Waals surface area contributed by atoms with Gasteiger partial charge >= 0.3 is 6.09 Å². The van der Waals surface area contributed by atoms with Gasteiger partial charge in [0.2, 0.25) is 0 Å². The molecule has 20 heavy (non-hydrogen) atoms. The molecule has 3 heterocycles. The summed E-state index contributed by atoms with van der Waals surface area (Å²) in [4.78, 5) is 23.6. The van der Waals surface area contributed by atoms with Crippen LogP contribution in [-0.2, 0) is 13.1 Å². The summed E-state index contributed by atoms with van der Waals surface area (Å²) in [5.74, 6) is 0.938. The predicted octanol–water partition coefficient (Wildman–Crippen LogP) is 2.24. The highest BCUT2D eigenvalue weighted by Gasteiger charge is 2.30. The molecule has 1 fully saturated rings. The molecule has 6 nitrogen and oxygen atoms in total. The number of carbonyl (C=O) groups is 1. The molecule has 0 radical (unpaired) electrons. The molecule has 0 bridgehead atoms. The van der Waals surface area contributed by atoms with E-state index in [1.54, 1.807) is 6.33 Å². The lowest BCUT2D eigenvalue weighted by Crippen LogP contribution is -2.34. The Morgan fingerprint density at radius 2 is 2.15 bits per heavy atom. The molecule has 2 aliphatic heterocycles. The largest absolute Gasteiger partial charge is 0.465 e. The summed E-state index contributed by atoms with van der Waals surface area (Å²) in [5.41, 5.74) is 1.84. The van der Waals surface area contributed by atoms with Crippen LogP contribution in [0.2, 0.25) is 0 Å². The lowest BCUT2D eigenvalue weighted by molar-refractivity contribution is 0.145. The molecule has 1 saturated heterocycles. The minimum atomic E-state index is -0.891. The number of aromatic nitrogens is 2. The highest BCUT2D eigenvalue weighted by molar-refractivity contribution is 5.67. The molecule has 0 aliphatic carbocycles. The molecule has 3 rings (SSSR count). The molecule has 1 atom stereocenters. The summed E-state index contributed by atoms with van der Waals surface area (Å²) in [7, 11) is 0. The quantitative estimate of drug-likeness (QED) is 0.852. The molecular formula is C14H20N4O2. The monoisotopic (exact) mass is 276 g/mol. The smallest absolute Gasteiger partial charge is 0.407 e. The Morgan fingerprint density at radius 1 is 1.30 bits per heavy atom. The maximum Gasteiger partial charge on any atom is 0.407 e. The van der Waals surface area contributed by atoms with Crippen molar-refractivity contribution in [3.63, 3.8) is 0 Å². The molecule has 0 saturated carbocycles. The number of fused-ring (bicyclic) bond motifs is 1. The van der Waals surface area contributed by atoms with Crippen LogP contribution in [0.15, 0.2) is 6.33 Å². The van der Waals surface area contributed by atoms with E-state index in [4.69, 9.17) is 5.11 Å². The standard InChI is InChI=1S/C14H20N4O2/c1-10-5-3-2-4-6-18(10)13-11-7-17(14(19)20)8-12(11)15-9-16-13/h9-10H,2-8H2,1H3,(H,19,20)/t10-/m1/s1. The maximum absolute atomic E-state index is 11.1. The maximum atomic E-state index is 11.1. The van der Waals surface area contributed by atoms with Crippen molar-refractivity contribution in [1.82, 2.24) is 14.9 Å². The first kappa shape index (κ1) is 13.1. The average molecular weight is 276 g/mol. The van der Waals surface area contributed by atoms with Gasteiger partial charge in [-0.2, -0.15) is 0 Å². The topological polar surface area (TPSA) is 69.6 Å². The Bertz CT molecular complexity index is 520. The molecule has 0 unspecified atom stereocenters.